The Hall–Kier alpha value is -2.70. The molecule has 7 nitrogen and oxygen atoms in total. The average Bonchev–Trinajstić information content (AvgIpc) is 2.95. The molecule has 0 saturated heterocycles. The Balaban J connectivity index is 1.72. The highest BCUT2D eigenvalue weighted by atomic mass is 16.5. The van der Waals surface area contributed by atoms with Gasteiger partial charge in [-0.25, -0.2) is 0 Å². The number of ether oxygens (including phenoxy) is 1. The summed E-state index contributed by atoms with van der Waals surface area (Å²) in [6, 6.07) is 4.58. The second kappa shape index (κ2) is 7.97. The zero-order chi connectivity index (χ0) is 21.3. The molecule has 3 amide bonds. The normalized spacial score (nSPS) is 21.7. The van der Waals surface area contributed by atoms with Gasteiger partial charge in [-0.1, -0.05) is 12.8 Å². The lowest BCUT2D eigenvalue weighted by atomic mass is 9.79. The first-order valence-electron chi connectivity index (χ1n) is 10.0. The van der Waals surface area contributed by atoms with Gasteiger partial charge in [0, 0.05) is 17.6 Å². The van der Waals surface area contributed by atoms with Crippen LogP contribution >= 0.6 is 0 Å². The van der Waals surface area contributed by atoms with Crippen molar-refractivity contribution < 1.29 is 23.9 Å². The number of amides is 3. The van der Waals surface area contributed by atoms with E-state index in [1.807, 2.05) is 0 Å². The molecule has 2 aliphatic rings. The van der Waals surface area contributed by atoms with Gasteiger partial charge in [-0.3, -0.25) is 24.1 Å². The topological polar surface area (TPSA) is 92.8 Å². The Morgan fingerprint density at radius 2 is 1.76 bits per heavy atom. The molecule has 1 N–H and O–H groups in total. The molecule has 7 heteroatoms. The first-order valence-corrected chi connectivity index (χ1v) is 10.0. The molecular weight excluding hydrogens is 372 g/mol. The molecule has 0 bridgehead atoms. The molecule has 1 heterocycles. The highest BCUT2D eigenvalue weighted by Crippen LogP contribution is 2.31. The summed E-state index contributed by atoms with van der Waals surface area (Å²) in [6.07, 6.45) is 3.63. The number of hydrogen-bond acceptors (Lipinski definition) is 5. The third-order valence-corrected chi connectivity index (χ3v) is 5.76. The summed E-state index contributed by atoms with van der Waals surface area (Å²) >= 11 is 0. The van der Waals surface area contributed by atoms with Crippen LogP contribution in [0.25, 0.3) is 0 Å². The Morgan fingerprint density at radius 1 is 1.10 bits per heavy atom. The molecule has 1 aromatic rings. The third kappa shape index (κ3) is 4.04. The molecule has 1 aliphatic carbocycles. The van der Waals surface area contributed by atoms with E-state index in [0.29, 0.717) is 17.7 Å². The number of benzene rings is 1. The number of hydrogen-bond donors (Lipinski definition) is 1. The van der Waals surface area contributed by atoms with E-state index in [1.54, 1.807) is 26.8 Å². The van der Waals surface area contributed by atoms with E-state index in [1.165, 1.54) is 24.1 Å². The lowest BCUT2D eigenvalue weighted by molar-refractivity contribution is -0.148. The summed E-state index contributed by atoms with van der Waals surface area (Å²) in [5.41, 5.74) is 0.257. The minimum atomic E-state index is -0.639. The van der Waals surface area contributed by atoms with Gasteiger partial charge < -0.3 is 10.1 Å². The molecular formula is C22H28N2O5. The number of nitrogens with zero attached hydrogens (tertiary/aromatic N) is 1. The lowest BCUT2D eigenvalue weighted by Gasteiger charge is -2.29. The predicted molar refractivity (Wildman–Crippen MR) is 106 cm³/mol. The van der Waals surface area contributed by atoms with Crippen LogP contribution in [0, 0.1) is 11.8 Å². The quantitative estimate of drug-likeness (QED) is 0.620. The highest BCUT2D eigenvalue weighted by molar-refractivity contribution is 6.22. The number of fused-ring (bicyclic) bond motifs is 1. The molecule has 29 heavy (non-hydrogen) atoms. The van der Waals surface area contributed by atoms with Crippen molar-refractivity contribution in [3.05, 3.63) is 34.9 Å². The van der Waals surface area contributed by atoms with Crippen LogP contribution in [-0.4, -0.2) is 47.8 Å². The molecule has 2 unspecified atom stereocenters. The second-order valence-electron chi connectivity index (χ2n) is 8.76. The maximum atomic E-state index is 12.7. The van der Waals surface area contributed by atoms with Gasteiger partial charge >= 0.3 is 5.97 Å². The summed E-state index contributed by atoms with van der Waals surface area (Å²) in [7, 11) is 1.39. The zero-order valence-corrected chi connectivity index (χ0v) is 17.4. The van der Waals surface area contributed by atoms with Gasteiger partial charge in [0.25, 0.3) is 17.7 Å². The average molecular weight is 400 g/mol. The minimum absolute atomic E-state index is 0.0363. The Labute approximate surface area is 170 Å². The highest BCUT2D eigenvalue weighted by Gasteiger charge is 2.42. The van der Waals surface area contributed by atoms with Crippen LogP contribution < -0.4 is 5.32 Å². The number of carbonyl (C=O) groups is 4. The molecule has 1 fully saturated rings. The first kappa shape index (κ1) is 21.0. The van der Waals surface area contributed by atoms with E-state index >= 15 is 0 Å². The lowest BCUT2D eigenvalue weighted by Crippen LogP contribution is -2.45. The fourth-order valence-corrected chi connectivity index (χ4v) is 4.23. The van der Waals surface area contributed by atoms with Crippen molar-refractivity contribution in [2.75, 3.05) is 13.7 Å². The largest absolute Gasteiger partial charge is 0.469 e. The van der Waals surface area contributed by atoms with Crippen LogP contribution in [0.15, 0.2) is 18.2 Å². The van der Waals surface area contributed by atoms with E-state index in [9.17, 15) is 19.2 Å². The van der Waals surface area contributed by atoms with E-state index < -0.39 is 5.54 Å². The van der Waals surface area contributed by atoms with Crippen molar-refractivity contribution in [2.24, 2.45) is 11.8 Å². The van der Waals surface area contributed by atoms with Crippen LogP contribution in [0.1, 0.15) is 77.5 Å². The van der Waals surface area contributed by atoms with Crippen molar-refractivity contribution >= 4 is 23.7 Å². The molecule has 1 saturated carbocycles. The minimum Gasteiger partial charge on any atom is -0.469 e. The summed E-state index contributed by atoms with van der Waals surface area (Å²) in [4.78, 5) is 51.1. The molecule has 0 radical (unpaired) electrons. The maximum absolute atomic E-state index is 12.7. The molecule has 2 atom stereocenters. The number of nitrogens with one attached hydrogen (secondary N) is 1. The molecule has 3 rings (SSSR count). The number of methoxy groups -OCH3 is 1. The summed E-state index contributed by atoms with van der Waals surface area (Å²) in [5, 5.41) is 2.88. The monoisotopic (exact) mass is 400 g/mol. The van der Waals surface area contributed by atoms with Gasteiger partial charge in [0.2, 0.25) is 0 Å². The smallest absolute Gasteiger partial charge is 0.309 e. The van der Waals surface area contributed by atoms with Crippen LogP contribution in [-0.2, 0) is 9.53 Å². The van der Waals surface area contributed by atoms with Crippen LogP contribution in [0.5, 0.6) is 0 Å². The van der Waals surface area contributed by atoms with Crippen LogP contribution in [0.2, 0.25) is 0 Å². The predicted octanol–water partition coefficient (Wildman–Crippen LogP) is 2.79. The second-order valence-corrected chi connectivity index (χ2v) is 8.76. The first-order chi connectivity index (χ1) is 13.6. The Kier molecular flexibility index (Phi) is 5.78. The van der Waals surface area contributed by atoms with Gasteiger partial charge in [-0.15, -0.1) is 0 Å². The van der Waals surface area contributed by atoms with Crippen molar-refractivity contribution in [1.29, 1.82) is 0 Å². The fraction of sp³-hybridized carbons (Fsp3) is 0.545. The van der Waals surface area contributed by atoms with Crippen molar-refractivity contribution in [3.8, 4) is 0 Å². The fourth-order valence-electron chi connectivity index (χ4n) is 4.23. The standard InChI is InChI=1S/C22H28N2O5/c1-22(2,3)24-19(26)16-10-9-13(11-17(16)20(24)27)18(25)23-12-14-7-5-6-8-15(14)21(28)29-4/h9-11,14-15H,5-8,12H2,1-4H3,(H,23,25). The maximum Gasteiger partial charge on any atom is 0.309 e. The summed E-state index contributed by atoms with van der Waals surface area (Å²) in [5.74, 6) is -1.44. The van der Waals surface area contributed by atoms with Crippen LogP contribution in [0.3, 0.4) is 0 Å². The molecule has 1 aliphatic heterocycles. The van der Waals surface area contributed by atoms with E-state index in [4.69, 9.17) is 4.74 Å². The molecule has 156 valence electrons. The van der Waals surface area contributed by atoms with E-state index in [2.05, 4.69) is 5.32 Å². The molecule has 0 spiro atoms. The number of esters is 1. The van der Waals surface area contributed by atoms with Gasteiger partial charge in [0.1, 0.15) is 0 Å². The Bertz CT molecular complexity index is 855. The number of carbonyl (C=O) groups excluding carboxylic acids is 4. The molecule has 0 aromatic heterocycles. The SMILES string of the molecule is COC(=O)C1CCCCC1CNC(=O)c1ccc2c(c1)C(=O)N(C(C)(C)C)C2=O. The zero-order valence-electron chi connectivity index (χ0n) is 17.4. The van der Waals surface area contributed by atoms with Crippen LogP contribution in [0.4, 0.5) is 0 Å². The summed E-state index contributed by atoms with van der Waals surface area (Å²) in [6.45, 7) is 5.76. The number of imide groups is 1. The van der Waals surface area contributed by atoms with E-state index in [0.717, 1.165) is 25.7 Å². The van der Waals surface area contributed by atoms with Crippen molar-refractivity contribution in [1.82, 2.24) is 10.2 Å². The van der Waals surface area contributed by atoms with Gasteiger partial charge in [-0.2, -0.15) is 0 Å². The number of rotatable bonds is 4. The Morgan fingerprint density at radius 3 is 2.41 bits per heavy atom. The van der Waals surface area contributed by atoms with Gasteiger partial charge in [0.15, 0.2) is 0 Å². The summed E-state index contributed by atoms with van der Waals surface area (Å²) < 4.78 is 4.90. The third-order valence-electron chi connectivity index (χ3n) is 5.76. The molecule has 1 aromatic carbocycles. The van der Waals surface area contributed by atoms with Gasteiger partial charge in [-0.05, 0) is 57.7 Å². The van der Waals surface area contributed by atoms with Crippen molar-refractivity contribution in [3.63, 3.8) is 0 Å². The van der Waals surface area contributed by atoms with Gasteiger partial charge in [0.05, 0.1) is 24.2 Å². The van der Waals surface area contributed by atoms with Crippen molar-refractivity contribution in [2.45, 2.75) is 52.0 Å². The van der Waals surface area contributed by atoms with E-state index in [-0.39, 0.29) is 41.1 Å².